The van der Waals surface area contributed by atoms with E-state index in [0.29, 0.717) is 29.8 Å². The highest BCUT2D eigenvalue weighted by Gasteiger charge is 2.28. The Kier molecular flexibility index (Phi) is 8.75. The van der Waals surface area contributed by atoms with Crippen LogP contribution < -0.4 is 15.6 Å². The lowest BCUT2D eigenvalue weighted by Gasteiger charge is -2.29. The standard InChI is InChI=1S/C25H28ClFN6O4S/c1-33-13-22(29-15-33)17-10-20(24(27)21(26)11-17)25(35)31-32-38(36,37)14-16-5-4-7-19(9-16)30-23(34)12-18-6-2-3-8-28-18/h2-3,6,8,10-11,13,15-16,19,32H,4-5,7,9,12,14H2,1H3,(H,30,34)(H,31,35). The molecule has 1 aliphatic carbocycles. The first-order chi connectivity index (χ1) is 18.1. The van der Waals surface area contributed by atoms with Crippen LogP contribution in [0.3, 0.4) is 0 Å². The third kappa shape index (κ3) is 7.36. The average Bonchev–Trinajstić information content (AvgIpc) is 3.31. The molecule has 3 N–H and O–H groups in total. The van der Waals surface area contributed by atoms with E-state index in [1.807, 2.05) is 6.07 Å². The van der Waals surface area contributed by atoms with Gasteiger partial charge < -0.3 is 9.88 Å². The molecule has 0 aliphatic heterocycles. The van der Waals surface area contributed by atoms with Crippen molar-refractivity contribution in [2.45, 2.75) is 38.1 Å². The molecule has 2 aromatic heterocycles. The maximum atomic E-state index is 14.6. The van der Waals surface area contributed by atoms with Gasteiger partial charge in [-0.25, -0.2) is 17.8 Å². The number of sulfonamides is 1. The highest BCUT2D eigenvalue weighted by Crippen LogP contribution is 2.27. The summed E-state index contributed by atoms with van der Waals surface area (Å²) in [5.74, 6) is -2.61. The summed E-state index contributed by atoms with van der Waals surface area (Å²) >= 11 is 5.97. The lowest BCUT2D eigenvalue weighted by atomic mass is 9.87. The van der Waals surface area contributed by atoms with Crippen LogP contribution in [0.2, 0.25) is 5.02 Å². The van der Waals surface area contributed by atoms with Gasteiger partial charge in [-0.2, -0.15) is 0 Å². The summed E-state index contributed by atoms with van der Waals surface area (Å²) in [5.41, 5.74) is 3.19. The van der Waals surface area contributed by atoms with Gasteiger partial charge in [0.2, 0.25) is 15.9 Å². The summed E-state index contributed by atoms with van der Waals surface area (Å²) in [6.07, 6.45) is 7.64. The number of pyridine rings is 1. The summed E-state index contributed by atoms with van der Waals surface area (Å²) in [6, 6.07) is 7.80. The highest BCUT2D eigenvalue weighted by molar-refractivity contribution is 7.89. The van der Waals surface area contributed by atoms with E-state index in [-0.39, 0.29) is 35.1 Å². The molecule has 2 atom stereocenters. The van der Waals surface area contributed by atoms with E-state index < -0.39 is 27.3 Å². The van der Waals surface area contributed by atoms with Crippen LogP contribution in [0, 0.1) is 11.7 Å². The van der Waals surface area contributed by atoms with Crippen molar-refractivity contribution in [2.75, 3.05) is 5.75 Å². The SMILES string of the molecule is Cn1cnc(-c2cc(Cl)c(F)c(C(=O)NNS(=O)(=O)CC3CCCC(NC(=O)Cc4ccccn4)C3)c2)c1. The van der Waals surface area contributed by atoms with Crippen molar-refractivity contribution in [2.24, 2.45) is 13.0 Å². The zero-order valence-electron chi connectivity index (χ0n) is 20.7. The summed E-state index contributed by atoms with van der Waals surface area (Å²) < 4.78 is 41.7. The number of hydrazine groups is 1. The molecule has 2 amide bonds. The molecule has 1 saturated carbocycles. The maximum Gasteiger partial charge on any atom is 0.269 e. The van der Waals surface area contributed by atoms with Crippen molar-refractivity contribution in [3.05, 3.63) is 71.2 Å². The Balaban J connectivity index is 1.32. The van der Waals surface area contributed by atoms with Gasteiger partial charge in [-0.05, 0) is 49.4 Å². The van der Waals surface area contributed by atoms with E-state index in [9.17, 15) is 22.4 Å². The van der Waals surface area contributed by atoms with Gasteiger partial charge in [0.1, 0.15) is 0 Å². The van der Waals surface area contributed by atoms with Crippen LogP contribution >= 0.6 is 11.6 Å². The van der Waals surface area contributed by atoms with Gasteiger partial charge in [-0.15, -0.1) is 4.83 Å². The van der Waals surface area contributed by atoms with E-state index in [4.69, 9.17) is 11.6 Å². The van der Waals surface area contributed by atoms with Gasteiger partial charge in [0, 0.05) is 36.7 Å². The van der Waals surface area contributed by atoms with Gasteiger partial charge in [0.05, 0.1) is 34.8 Å². The number of nitrogens with zero attached hydrogens (tertiary/aromatic N) is 3. The molecule has 2 unspecified atom stereocenters. The number of nitrogens with one attached hydrogen (secondary N) is 3. The predicted molar refractivity (Wildman–Crippen MR) is 140 cm³/mol. The number of aryl methyl sites for hydroxylation is 1. The third-order valence-corrected chi connectivity index (χ3v) is 7.86. The predicted octanol–water partition coefficient (Wildman–Crippen LogP) is 2.76. The number of hydrogen-bond donors (Lipinski definition) is 3. The van der Waals surface area contributed by atoms with Crippen LogP contribution in [0.4, 0.5) is 4.39 Å². The molecule has 0 spiro atoms. The van der Waals surface area contributed by atoms with Crippen LogP contribution in [-0.4, -0.2) is 46.6 Å². The minimum Gasteiger partial charge on any atom is -0.353 e. The monoisotopic (exact) mass is 562 g/mol. The first-order valence-electron chi connectivity index (χ1n) is 12.1. The van der Waals surface area contributed by atoms with Gasteiger partial charge in [-0.1, -0.05) is 24.1 Å². The first-order valence-corrected chi connectivity index (χ1v) is 14.1. The first kappa shape index (κ1) is 27.7. The van der Waals surface area contributed by atoms with Gasteiger partial charge in [0.25, 0.3) is 5.91 Å². The lowest BCUT2D eigenvalue weighted by molar-refractivity contribution is -0.121. The molecule has 202 valence electrons. The molecular formula is C25H28ClFN6O4S. The Hall–Kier alpha value is -3.35. The molecule has 0 bridgehead atoms. The zero-order chi connectivity index (χ0) is 27.3. The van der Waals surface area contributed by atoms with Crippen LogP contribution in [0.5, 0.6) is 0 Å². The minimum absolute atomic E-state index is 0.149. The van der Waals surface area contributed by atoms with Gasteiger partial charge >= 0.3 is 0 Å². The topological polar surface area (TPSA) is 135 Å². The average molecular weight is 563 g/mol. The van der Waals surface area contributed by atoms with Crippen molar-refractivity contribution >= 4 is 33.4 Å². The van der Waals surface area contributed by atoms with E-state index in [0.717, 1.165) is 12.8 Å². The van der Waals surface area contributed by atoms with Crippen molar-refractivity contribution in [3.8, 4) is 11.3 Å². The second-order valence-electron chi connectivity index (χ2n) is 9.38. The van der Waals surface area contributed by atoms with Gasteiger partial charge in [-0.3, -0.25) is 20.0 Å². The molecule has 1 aromatic carbocycles. The molecule has 13 heteroatoms. The summed E-state index contributed by atoms with van der Waals surface area (Å²) in [7, 11) is -2.18. The van der Waals surface area contributed by atoms with Crippen molar-refractivity contribution < 1.29 is 22.4 Å². The molecular weight excluding hydrogens is 535 g/mol. The second kappa shape index (κ2) is 12.0. The van der Waals surface area contributed by atoms with Crippen LogP contribution in [0.15, 0.2) is 49.1 Å². The number of amides is 2. The summed E-state index contributed by atoms with van der Waals surface area (Å²) in [4.78, 5) is 35.4. The molecule has 38 heavy (non-hydrogen) atoms. The zero-order valence-corrected chi connectivity index (χ0v) is 22.2. The van der Waals surface area contributed by atoms with Crippen molar-refractivity contribution in [1.82, 2.24) is 30.1 Å². The number of benzene rings is 1. The van der Waals surface area contributed by atoms with E-state index in [1.54, 1.807) is 42.5 Å². The molecule has 10 nitrogen and oxygen atoms in total. The fraction of sp³-hybridized carbons (Fsp3) is 0.360. The molecule has 0 radical (unpaired) electrons. The fourth-order valence-electron chi connectivity index (χ4n) is 4.53. The normalized spacial score (nSPS) is 17.7. The largest absolute Gasteiger partial charge is 0.353 e. The summed E-state index contributed by atoms with van der Waals surface area (Å²) in [6.45, 7) is 0. The van der Waals surface area contributed by atoms with Crippen molar-refractivity contribution in [1.29, 1.82) is 0 Å². The molecule has 0 saturated heterocycles. The van der Waals surface area contributed by atoms with E-state index in [2.05, 4.69) is 25.5 Å². The quantitative estimate of drug-likeness (QED) is 0.343. The number of imidazole rings is 1. The number of halogens is 2. The highest BCUT2D eigenvalue weighted by atomic mass is 35.5. The number of carbonyl (C=O) groups excluding carboxylic acids is 2. The Labute approximate surface area is 225 Å². The second-order valence-corrected chi connectivity index (χ2v) is 11.6. The van der Waals surface area contributed by atoms with Gasteiger partial charge in [0.15, 0.2) is 5.82 Å². The Morgan fingerprint density at radius 1 is 1.21 bits per heavy atom. The fourth-order valence-corrected chi connectivity index (χ4v) is 6.00. The number of carbonyl (C=O) groups is 2. The van der Waals surface area contributed by atoms with E-state index in [1.165, 1.54) is 12.1 Å². The van der Waals surface area contributed by atoms with Crippen LogP contribution in [-0.2, 0) is 28.3 Å². The molecule has 4 rings (SSSR count). The van der Waals surface area contributed by atoms with Crippen molar-refractivity contribution in [3.63, 3.8) is 0 Å². The number of rotatable bonds is 9. The number of hydrogen-bond acceptors (Lipinski definition) is 6. The third-order valence-electron chi connectivity index (χ3n) is 6.26. The smallest absolute Gasteiger partial charge is 0.269 e. The molecule has 2 heterocycles. The molecule has 3 aromatic rings. The lowest BCUT2D eigenvalue weighted by Crippen LogP contribution is -2.45. The Morgan fingerprint density at radius 2 is 2.03 bits per heavy atom. The molecule has 1 aliphatic rings. The Morgan fingerprint density at radius 3 is 2.74 bits per heavy atom. The molecule has 1 fully saturated rings. The maximum absolute atomic E-state index is 14.6. The Bertz CT molecular complexity index is 1420. The minimum atomic E-state index is -3.94. The summed E-state index contributed by atoms with van der Waals surface area (Å²) in [5, 5.41) is 2.67. The van der Waals surface area contributed by atoms with Crippen LogP contribution in [0.1, 0.15) is 41.7 Å². The van der Waals surface area contributed by atoms with E-state index >= 15 is 0 Å². The van der Waals surface area contributed by atoms with Crippen LogP contribution in [0.25, 0.3) is 11.3 Å². The number of aromatic nitrogens is 3.